The Morgan fingerprint density at radius 1 is 1.05 bits per heavy atom. The van der Waals surface area contributed by atoms with Gasteiger partial charge in [0.1, 0.15) is 0 Å². The monoisotopic (exact) mass is 346 g/mol. The Kier molecular flexibility index (Phi) is 5.43. The first-order chi connectivity index (χ1) is 9.99. The molecule has 0 fully saturated rings. The molecule has 2 aromatic carbocycles. The molecule has 0 saturated heterocycles. The van der Waals surface area contributed by atoms with E-state index < -0.39 is 0 Å². The fraction of sp³-hybridized carbons (Fsp3) is 0.333. The van der Waals surface area contributed by atoms with Gasteiger partial charge in [-0.2, -0.15) is 0 Å². The van der Waals surface area contributed by atoms with E-state index in [1.165, 1.54) is 11.3 Å². The zero-order valence-corrected chi connectivity index (χ0v) is 14.5. The van der Waals surface area contributed by atoms with Gasteiger partial charge in [0.15, 0.2) is 0 Å². The van der Waals surface area contributed by atoms with Gasteiger partial charge in [-0.1, -0.05) is 52.3 Å². The van der Waals surface area contributed by atoms with Crippen molar-refractivity contribution in [3.8, 4) is 0 Å². The zero-order valence-electron chi connectivity index (χ0n) is 12.9. The van der Waals surface area contributed by atoms with Crippen molar-refractivity contribution >= 4 is 21.6 Å². The maximum absolute atomic E-state index is 5.98. The molecule has 112 valence electrons. The largest absolute Gasteiger partial charge is 0.365 e. The molecule has 0 heterocycles. The van der Waals surface area contributed by atoms with E-state index >= 15 is 0 Å². The summed E-state index contributed by atoms with van der Waals surface area (Å²) in [4.78, 5) is 2.39. The van der Waals surface area contributed by atoms with Crippen molar-refractivity contribution in [3.05, 3.63) is 64.1 Å². The van der Waals surface area contributed by atoms with Crippen LogP contribution in [-0.4, -0.2) is 6.04 Å². The van der Waals surface area contributed by atoms with Crippen LogP contribution in [0.2, 0.25) is 0 Å². The topological polar surface area (TPSA) is 29.3 Å². The number of anilines is 1. The first kappa shape index (κ1) is 16.1. The molecule has 0 aliphatic heterocycles. The van der Waals surface area contributed by atoms with Gasteiger partial charge in [0.2, 0.25) is 0 Å². The Morgan fingerprint density at radius 2 is 1.71 bits per heavy atom. The molecule has 0 aliphatic carbocycles. The van der Waals surface area contributed by atoms with Crippen LogP contribution in [0, 0.1) is 0 Å². The maximum Gasteiger partial charge on any atom is 0.0432 e. The smallest absolute Gasteiger partial charge is 0.0432 e. The molecule has 2 N–H and O–H groups in total. The molecule has 0 saturated carbocycles. The van der Waals surface area contributed by atoms with Crippen LogP contribution in [0.5, 0.6) is 0 Å². The van der Waals surface area contributed by atoms with Crippen molar-refractivity contribution in [2.24, 2.45) is 5.73 Å². The van der Waals surface area contributed by atoms with E-state index in [2.05, 4.69) is 83.2 Å². The number of nitrogens with zero attached hydrogens (tertiary/aromatic N) is 1. The molecule has 3 heteroatoms. The predicted molar refractivity (Wildman–Crippen MR) is 94.5 cm³/mol. The van der Waals surface area contributed by atoms with E-state index in [0.29, 0.717) is 6.04 Å². The fourth-order valence-corrected chi connectivity index (χ4v) is 3.14. The van der Waals surface area contributed by atoms with Crippen LogP contribution in [0.25, 0.3) is 0 Å². The molecule has 2 nitrogen and oxygen atoms in total. The summed E-state index contributed by atoms with van der Waals surface area (Å²) in [6.07, 6.45) is 0. The predicted octanol–water partition coefficient (Wildman–Crippen LogP) is 4.88. The first-order valence-corrected chi connectivity index (χ1v) is 8.14. The molecule has 1 unspecified atom stereocenters. The second-order valence-electron chi connectivity index (χ2n) is 5.70. The lowest BCUT2D eigenvalue weighted by Gasteiger charge is -2.30. The summed E-state index contributed by atoms with van der Waals surface area (Å²) in [5.74, 6) is 0. The van der Waals surface area contributed by atoms with E-state index in [1.807, 2.05) is 6.92 Å². The lowest BCUT2D eigenvalue weighted by Crippen LogP contribution is -2.30. The molecule has 21 heavy (non-hydrogen) atoms. The van der Waals surface area contributed by atoms with Gasteiger partial charge < -0.3 is 10.6 Å². The first-order valence-electron chi connectivity index (χ1n) is 7.34. The third-order valence-corrected chi connectivity index (χ3v) is 4.31. The van der Waals surface area contributed by atoms with Crippen LogP contribution in [0.1, 0.15) is 37.9 Å². The highest BCUT2D eigenvalue weighted by Gasteiger charge is 2.13. The van der Waals surface area contributed by atoms with Crippen LogP contribution in [0.15, 0.2) is 53.0 Å². The zero-order chi connectivity index (χ0) is 15.4. The van der Waals surface area contributed by atoms with Crippen LogP contribution < -0.4 is 10.6 Å². The minimum absolute atomic E-state index is 0.0371. The number of rotatable bonds is 5. The molecular formula is C18H23BrN2. The summed E-state index contributed by atoms with van der Waals surface area (Å²) < 4.78 is 1.08. The van der Waals surface area contributed by atoms with Crippen LogP contribution in [-0.2, 0) is 6.54 Å². The van der Waals surface area contributed by atoms with Gasteiger partial charge in [-0.15, -0.1) is 0 Å². The van der Waals surface area contributed by atoms with Crippen molar-refractivity contribution in [1.29, 1.82) is 0 Å². The minimum Gasteiger partial charge on any atom is -0.365 e. The minimum atomic E-state index is 0.0371. The number of nitrogens with two attached hydrogens (primary N) is 1. The van der Waals surface area contributed by atoms with Gasteiger partial charge in [-0.05, 0) is 44.0 Å². The summed E-state index contributed by atoms with van der Waals surface area (Å²) in [5.41, 5.74) is 9.65. The van der Waals surface area contributed by atoms with Crippen LogP contribution >= 0.6 is 15.9 Å². The molecule has 0 spiro atoms. The Labute approximate surface area is 136 Å². The van der Waals surface area contributed by atoms with Gasteiger partial charge >= 0.3 is 0 Å². The third-order valence-electron chi connectivity index (χ3n) is 3.63. The van der Waals surface area contributed by atoms with E-state index in [0.717, 1.165) is 16.6 Å². The highest BCUT2D eigenvalue weighted by atomic mass is 79.9. The van der Waals surface area contributed by atoms with E-state index in [4.69, 9.17) is 5.73 Å². The molecule has 0 aliphatic rings. The van der Waals surface area contributed by atoms with E-state index in [-0.39, 0.29) is 6.04 Å². The summed E-state index contributed by atoms with van der Waals surface area (Å²) in [6.45, 7) is 7.35. The molecule has 0 radical (unpaired) electrons. The SMILES string of the molecule is CC(N)c1ccc(N(Cc2ccccc2)C(C)C)cc1Br. The quantitative estimate of drug-likeness (QED) is 0.835. The van der Waals surface area contributed by atoms with Crippen molar-refractivity contribution in [2.75, 3.05) is 4.90 Å². The normalized spacial score (nSPS) is 12.5. The molecule has 2 rings (SSSR count). The Hall–Kier alpha value is -1.32. The lowest BCUT2D eigenvalue weighted by atomic mass is 10.1. The summed E-state index contributed by atoms with van der Waals surface area (Å²) >= 11 is 3.64. The Morgan fingerprint density at radius 3 is 2.24 bits per heavy atom. The summed E-state index contributed by atoms with van der Waals surface area (Å²) in [6, 6.07) is 17.5. The number of hydrogen-bond donors (Lipinski definition) is 1. The number of hydrogen-bond acceptors (Lipinski definition) is 2. The fourth-order valence-electron chi connectivity index (χ4n) is 2.42. The van der Waals surface area contributed by atoms with Gasteiger partial charge in [-0.3, -0.25) is 0 Å². The third kappa shape index (κ3) is 4.08. The van der Waals surface area contributed by atoms with Crippen LogP contribution in [0.4, 0.5) is 5.69 Å². The van der Waals surface area contributed by atoms with Crippen molar-refractivity contribution in [3.63, 3.8) is 0 Å². The highest BCUT2D eigenvalue weighted by molar-refractivity contribution is 9.10. The Bertz CT molecular complexity index is 579. The number of halogens is 1. The lowest BCUT2D eigenvalue weighted by molar-refractivity contribution is 0.681. The average molecular weight is 347 g/mol. The van der Waals surface area contributed by atoms with Gasteiger partial charge in [0.25, 0.3) is 0 Å². The van der Waals surface area contributed by atoms with Gasteiger partial charge in [0.05, 0.1) is 0 Å². The molecule has 0 amide bonds. The van der Waals surface area contributed by atoms with E-state index in [9.17, 15) is 0 Å². The Balaban J connectivity index is 2.28. The van der Waals surface area contributed by atoms with Crippen molar-refractivity contribution in [1.82, 2.24) is 0 Å². The number of benzene rings is 2. The maximum atomic E-state index is 5.98. The summed E-state index contributed by atoms with van der Waals surface area (Å²) in [5, 5.41) is 0. The van der Waals surface area contributed by atoms with Crippen LogP contribution in [0.3, 0.4) is 0 Å². The summed E-state index contributed by atoms with van der Waals surface area (Å²) in [7, 11) is 0. The average Bonchev–Trinajstić information content (AvgIpc) is 2.45. The molecule has 1 atom stereocenters. The molecular weight excluding hydrogens is 324 g/mol. The van der Waals surface area contributed by atoms with E-state index in [1.54, 1.807) is 0 Å². The van der Waals surface area contributed by atoms with Crippen molar-refractivity contribution < 1.29 is 0 Å². The molecule has 0 aromatic heterocycles. The van der Waals surface area contributed by atoms with Gasteiger partial charge in [-0.25, -0.2) is 0 Å². The second-order valence-corrected chi connectivity index (χ2v) is 6.56. The second kappa shape index (κ2) is 7.10. The van der Waals surface area contributed by atoms with Gasteiger partial charge in [0, 0.05) is 28.8 Å². The molecule has 2 aromatic rings. The van der Waals surface area contributed by atoms with Crippen molar-refractivity contribution in [2.45, 2.75) is 39.4 Å². The standard InChI is InChI=1S/C18H23BrN2/c1-13(2)21(12-15-7-5-4-6-8-15)16-9-10-17(14(3)20)18(19)11-16/h4-11,13-14H,12,20H2,1-3H3. The highest BCUT2D eigenvalue weighted by Crippen LogP contribution is 2.29. The molecule has 0 bridgehead atoms.